The summed E-state index contributed by atoms with van der Waals surface area (Å²) in [7, 11) is 0. The van der Waals surface area contributed by atoms with Gasteiger partial charge >= 0.3 is 0 Å². The Morgan fingerprint density at radius 1 is 1.24 bits per heavy atom. The van der Waals surface area contributed by atoms with Gasteiger partial charge in [0.2, 0.25) is 0 Å². The summed E-state index contributed by atoms with van der Waals surface area (Å²) < 4.78 is 0. The largest absolute Gasteiger partial charge is 0.378 e. The minimum absolute atomic E-state index is 0.0536. The lowest BCUT2D eigenvalue weighted by atomic mass is 9.91. The maximum Gasteiger partial charge on any atom is 0.253 e. The summed E-state index contributed by atoms with van der Waals surface area (Å²) in [5.74, 6) is -0.323. The standard InChI is InChI=1S/C21H22N2O2/c1-13-7-9-18-16(11-13)17-12-15(8-10-19(17)23-18)22-21(25)20(24)14-5-3-2-4-6-14/h2-7,9,11,15,20,23-24H,8,10,12H2,1H3,(H,22,25). The molecule has 25 heavy (non-hydrogen) atoms. The number of fused-ring (bicyclic) bond motifs is 3. The van der Waals surface area contributed by atoms with Crippen LogP contribution in [0, 0.1) is 6.92 Å². The van der Waals surface area contributed by atoms with E-state index in [0.29, 0.717) is 5.56 Å². The first-order valence-corrected chi connectivity index (χ1v) is 8.75. The summed E-state index contributed by atoms with van der Waals surface area (Å²) >= 11 is 0. The molecule has 0 spiro atoms. The number of aromatic amines is 1. The molecule has 2 atom stereocenters. The number of aromatic nitrogens is 1. The highest BCUT2D eigenvalue weighted by atomic mass is 16.3. The summed E-state index contributed by atoms with van der Waals surface area (Å²) in [5.41, 5.74) is 5.59. The molecule has 4 heteroatoms. The fourth-order valence-corrected chi connectivity index (χ4v) is 3.72. The second-order valence-electron chi connectivity index (χ2n) is 6.89. The van der Waals surface area contributed by atoms with E-state index in [1.807, 2.05) is 18.2 Å². The lowest BCUT2D eigenvalue weighted by Gasteiger charge is -2.25. The van der Waals surface area contributed by atoms with Gasteiger partial charge in [-0.3, -0.25) is 4.79 Å². The third kappa shape index (κ3) is 3.05. The molecule has 4 nitrogen and oxygen atoms in total. The van der Waals surface area contributed by atoms with Gasteiger partial charge in [0.05, 0.1) is 0 Å². The van der Waals surface area contributed by atoms with Crippen LogP contribution < -0.4 is 5.32 Å². The fraction of sp³-hybridized carbons (Fsp3) is 0.286. The topological polar surface area (TPSA) is 65.1 Å². The number of carbonyl (C=O) groups is 1. The van der Waals surface area contributed by atoms with Crippen molar-refractivity contribution in [3.63, 3.8) is 0 Å². The first-order chi connectivity index (χ1) is 12.1. The molecule has 1 amide bonds. The Bertz CT molecular complexity index is 914. The lowest BCUT2D eigenvalue weighted by Crippen LogP contribution is -2.41. The molecule has 2 unspecified atom stereocenters. The molecule has 3 aromatic rings. The quantitative estimate of drug-likeness (QED) is 0.689. The molecule has 128 valence electrons. The molecule has 0 aliphatic heterocycles. The number of benzene rings is 2. The Labute approximate surface area is 146 Å². The van der Waals surface area contributed by atoms with Gasteiger partial charge in [0, 0.05) is 22.6 Å². The Hall–Kier alpha value is -2.59. The van der Waals surface area contributed by atoms with Crippen LogP contribution in [0.5, 0.6) is 0 Å². The van der Waals surface area contributed by atoms with Crippen molar-refractivity contribution in [3.05, 3.63) is 70.9 Å². The third-order valence-electron chi connectivity index (χ3n) is 5.05. The van der Waals surface area contributed by atoms with E-state index in [0.717, 1.165) is 24.8 Å². The highest BCUT2D eigenvalue weighted by Gasteiger charge is 2.26. The van der Waals surface area contributed by atoms with Gasteiger partial charge in [-0.15, -0.1) is 0 Å². The van der Waals surface area contributed by atoms with E-state index >= 15 is 0 Å². The maximum absolute atomic E-state index is 12.4. The second kappa shape index (κ2) is 6.37. The summed E-state index contributed by atoms with van der Waals surface area (Å²) in [6.45, 7) is 2.09. The van der Waals surface area contributed by atoms with E-state index in [4.69, 9.17) is 0 Å². The highest BCUT2D eigenvalue weighted by molar-refractivity contribution is 5.86. The van der Waals surface area contributed by atoms with Crippen molar-refractivity contribution in [2.24, 2.45) is 0 Å². The number of aliphatic hydroxyl groups is 1. The third-order valence-corrected chi connectivity index (χ3v) is 5.05. The minimum atomic E-state index is -1.12. The van der Waals surface area contributed by atoms with Gasteiger partial charge in [0.25, 0.3) is 5.91 Å². The zero-order chi connectivity index (χ0) is 17.4. The number of aliphatic hydroxyl groups excluding tert-OH is 1. The summed E-state index contributed by atoms with van der Waals surface area (Å²) in [5, 5.41) is 14.5. The van der Waals surface area contributed by atoms with E-state index < -0.39 is 6.10 Å². The second-order valence-corrected chi connectivity index (χ2v) is 6.89. The SMILES string of the molecule is Cc1ccc2[nH]c3c(c2c1)CC(NC(=O)C(O)c1ccccc1)CC3. The van der Waals surface area contributed by atoms with Gasteiger partial charge < -0.3 is 15.4 Å². The first kappa shape index (κ1) is 15.9. The number of amides is 1. The molecular formula is C21H22N2O2. The van der Waals surface area contributed by atoms with Crippen molar-refractivity contribution in [3.8, 4) is 0 Å². The average Bonchev–Trinajstić information content (AvgIpc) is 2.99. The molecule has 0 radical (unpaired) electrons. The summed E-state index contributed by atoms with van der Waals surface area (Å²) in [6.07, 6.45) is 1.47. The van der Waals surface area contributed by atoms with E-state index in [1.165, 1.54) is 22.2 Å². The van der Waals surface area contributed by atoms with E-state index in [2.05, 4.69) is 35.4 Å². The molecule has 1 aliphatic rings. The smallest absolute Gasteiger partial charge is 0.253 e. The monoisotopic (exact) mass is 334 g/mol. The predicted octanol–water partition coefficient (Wildman–Crippen LogP) is 3.18. The van der Waals surface area contributed by atoms with Gasteiger partial charge in [-0.2, -0.15) is 0 Å². The molecule has 3 N–H and O–H groups in total. The molecule has 0 saturated heterocycles. The number of H-pyrrole nitrogens is 1. The number of nitrogens with one attached hydrogen (secondary N) is 2. The van der Waals surface area contributed by atoms with Crippen LogP contribution in [0.15, 0.2) is 48.5 Å². The number of hydrogen-bond acceptors (Lipinski definition) is 2. The number of aryl methyl sites for hydroxylation is 2. The molecule has 1 aromatic heterocycles. The van der Waals surface area contributed by atoms with E-state index in [9.17, 15) is 9.90 Å². The number of hydrogen-bond donors (Lipinski definition) is 3. The van der Waals surface area contributed by atoms with Crippen LogP contribution in [0.4, 0.5) is 0 Å². The molecule has 0 bridgehead atoms. The zero-order valence-electron chi connectivity index (χ0n) is 14.3. The van der Waals surface area contributed by atoms with Crippen LogP contribution in [-0.2, 0) is 17.6 Å². The molecule has 1 heterocycles. The van der Waals surface area contributed by atoms with Crippen LogP contribution in [0.3, 0.4) is 0 Å². The van der Waals surface area contributed by atoms with Crippen molar-refractivity contribution in [1.82, 2.24) is 10.3 Å². The van der Waals surface area contributed by atoms with Gasteiger partial charge in [-0.1, -0.05) is 42.0 Å². The zero-order valence-corrected chi connectivity index (χ0v) is 14.3. The Balaban J connectivity index is 1.51. The molecule has 0 saturated carbocycles. The van der Waals surface area contributed by atoms with Crippen LogP contribution in [0.2, 0.25) is 0 Å². The predicted molar refractivity (Wildman–Crippen MR) is 98.4 cm³/mol. The Morgan fingerprint density at radius 3 is 2.84 bits per heavy atom. The van der Waals surface area contributed by atoms with Gasteiger partial charge in [-0.25, -0.2) is 0 Å². The van der Waals surface area contributed by atoms with Crippen LogP contribution >= 0.6 is 0 Å². The van der Waals surface area contributed by atoms with Crippen molar-refractivity contribution in [2.75, 3.05) is 0 Å². The van der Waals surface area contributed by atoms with Gasteiger partial charge in [-0.05, 0) is 49.4 Å². The minimum Gasteiger partial charge on any atom is -0.378 e. The molecule has 1 aliphatic carbocycles. The van der Waals surface area contributed by atoms with Gasteiger partial charge in [0.15, 0.2) is 6.10 Å². The normalized spacial score (nSPS) is 17.9. The molecule has 2 aromatic carbocycles. The average molecular weight is 334 g/mol. The van der Waals surface area contributed by atoms with Crippen molar-refractivity contribution < 1.29 is 9.90 Å². The van der Waals surface area contributed by atoms with Crippen LogP contribution in [-0.4, -0.2) is 22.0 Å². The van der Waals surface area contributed by atoms with Gasteiger partial charge in [0.1, 0.15) is 0 Å². The highest BCUT2D eigenvalue weighted by Crippen LogP contribution is 2.30. The Kier molecular flexibility index (Phi) is 4.06. The number of rotatable bonds is 3. The van der Waals surface area contributed by atoms with E-state index in [-0.39, 0.29) is 11.9 Å². The molecule has 0 fully saturated rings. The first-order valence-electron chi connectivity index (χ1n) is 8.75. The number of carbonyl (C=O) groups excluding carboxylic acids is 1. The van der Waals surface area contributed by atoms with Crippen LogP contribution in [0.25, 0.3) is 10.9 Å². The van der Waals surface area contributed by atoms with Crippen molar-refractivity contribution in [1.29, 1.82) is 0 Å². The Morgan fingerprint density at radius 2 is 2.04 bits per heavy atom. The van der Waals surface area contributed by atoms with Crippen molar-refractivity contribution in [2.45, 2.75) is 38.3 Å². The van der Waals surface area contributed by atoms with E-state index in [1.54, 1.807) is 12.1 Å². The fourth-order valence-electron chi connectivity index (χ4n) is 3.72. The summed E-state index contributed by atoms with van der Waals surface area (Å²) in [4.78, 5) is 15.9. The van der Waals surface area contributed by atoms with Crippen LogP contribution in [0.1, 0.15) is 34.9 Å². The molecular weight excluding hydrogens is 312 g/mol. The van der Waals surface area contributed by atoms with Crippen molar-refractivity contribution >= 4 is 16.8 Å². The lowest BCUT2D eigenvalue weighted by molar-refractivity contribution is -0.130. The molecule has 4 rings (SSSR count). The maximum atomic E-state index is 12.4. The summed E-state index contributed by atoms with van der Waals surface area (Å²) in [6, 6.07) is 15.5.